The number of nitrogens with zero attached hydrogens (tertiary/aromatic N) is 1. The zero-order valence-electron chi connectivity index (χ0n) is 13.9. The third kappa shape index (κ3) is 4.69. The minimum atomic E-state index is -0.318. The number of pyridine rings is 1. The first-order valence-corrected chi connectivity index (χ1v) is 8.23. The maximum atomic E-state index is 11.9. The van der Waals surface area contributed by atoms with Crippen LogP contribution >= 0.6 is 11.3 Å². The van der Waals surface area contributed by atoms with Gasteiger partial charge >= 0.3 is 5.97 Å². The number of thiophene rings is 1. The molecule has 0 saturated carbocycles. The molecule has 2 rings (SSSR count). The van der Waals surface area contributed by atoms with Crippen molar-refractivity contribution in [3.63, 3.8) is 0 Å². The topological polar surface area (TPSA) is 60.5 Å². The Labute approximate surface area is 140 Å². The normalized spacial score (nSPS) is 11.1. The molecule has 0 radical (unpaired) electrons. The van der Waals surface area contributed by atoms with Crippen LogP contribution in [0.5, 0.6) is 5.75 Å². The van der Waals surface area contributed by atoms with E-state index in [1.807, 2.05) is 18.2 Å². The van der Waals surface area contributed by atoms with Gasteiger partial charge in [0.1, 0.15) is 17.2 Å². The molecule has 5 nitrogen and oxygen atoms in total. The van der Waals surface area contributed by atoms with Crippen LogP contribution in [0.4, 0.5) is 5.69 Å². The summed E-state index contributed by atoms with van der Waals surface area (Å²) in [6.45, 7) is 7.42. The molecule has 2 aromatic rings. The molecule has 0 saturated heterocycles. The first kappa shape index (κ1) is 17.3. The number of carbonyl (C=O) groups excluding carboxylic acids is 1. The molecule has 0 amide bonds. The van der Waals surface area contributed by atoms with E-state index in [1.165, 1.54) is 18.4 Å². The number of rotatable bonds is 6. The Morgan fingerprint density at radius 2 is 2.17 bits per heavy atom. The maximum Gasteiger partial charge on any atom is 0.350 e. The van der Waals surface area contributed by atoms with Gasteiger partial charge in [0, 0.05) is 17.6 Å². The Morgan fingerprint density at radius 1 is 1.39 bits per heavy atom. The van der Waals surface area contributed by atoms with Crippen LogP contribution in [-0.4, -0.2) is 31.2 Å². The number of aromatic nitrogens is 1. The zero-order chi connectivity index (χ0) is 16.9. The monoisotopic (exact) mass is 334 g/mol. The Morgan fingerprint density at radius 3 is 2.78 bits per heavy atom. The lowest BCUT2D eigenvalue weighted by Crippen LogP contribution is -2.13. The fourth-order valence-electron chi connectivity index (χ4n) is 1.92. The number of anilines is 1. The van der Waals surface area contributed by atoms with Gasteiger partial charge in [0.05, 0.1) is 19.0 Å². The lowest BCUT2D eigenvalue weighted by atomic mass is 9.94. The number of ether oxygens (including phenoxy) is 2. The molecule has 0 aliphatic carbocycles. The van der Waals surface area contributed by atoms with E-state index in [0.29, 0.717) is 18.0 Å². The van der Waals surface area contributed by atoms with Gasteiger partial charge in [0.2, 0.25) is 0 Å². The van der Waals surface area contributed by atoms with Gasteiger partial charge in [-0.1, -0.05) is 20.8 Å². The van der Waals surface area contributed by atoms with Gasteiger partial charge in [-0.3, -0.25) is 4.98 Å². The molecule has 2 aromatic heterocycles. The van der Waals surface area contributed by atoms with Gasteiger partial charge in [-0.05, 0) is 23.6 Å². The van der Waals surface area contributed by atoms with Crippen LogP contribution in [0.1, 0.15) is 35.3 Å². The molecule has 1 N–H and O–H groups in total. The summed E-state index contributed by atoms with van der Waals surface area (Å²) in [7, 11) is 1.40. The standard InChI is InChI=1S/C17H22N2O3S/c1-17(2,3)14-10-13(15(23-14)16(20)21-4)19-8-9-22-12-6-5-7-18-11-12/h5-7,10-11,19H,8-9H2,1-4H3. The quantitative estimate of drug-likeness (QED) is 0.644. The van der Waals surface area contributed by atoms with E-state index in [2.05, 4.69) is 31.1 Å². The lowest BCUT2D eigenvalue weighted by molar-refractivity contribution is 0.0607. The third-order valence-electron chi connectivity index (χ3n) is 3.16. The van der Waals surface area contributed by atoms with E-state index in [-0.39, 0.29) is 11.4 Å². The van der Waals surface area contributed by atoms with Crippen LogP contribution in [0.3, 0.4) is 0 Å². The second kappa shape index (κ2) is 7.46. The largest absolute Gasteiger partial charge is 0.490 e. The lowest BCUT2D eigenvalue weighted by Gasteiger charge is -2.15. The molecule has 6 heteroatoms. The molecule has 0 aromatic carbocycles. The van der Waals surface area contributed by atoms with Crippen molar-refractivity contribution in [1.82, 2.24) is 4.98 Å². The van der Waals surface area contributed by atoms with E-state index in [4.69, 9.17) is 9.47 Å². The summed E-state index contributed by atoms with van der Waals surface area (Å²) in [6.07, 6.45) is 3.37. The summed E-state index contributed by atoms with van der Waals surface area (Å²) >= 11 is 1.47. The Kier molecular flexibility index (Phi) is 5.60. The number of methoxy groups -OCH3 is 1. The van der Waals surface area contributed by atoms with Crippen molar-refractivity contribution in [1.29, 1.82) is 0 Å². The zero-order valence-corrected chi connectivity index (χ0v) is 14.7. The van der Waals surface area contributed by atoms with Gasteiger partial charge < -0.3 is 14.8 Å². The number of hydrogen-bond donors (Lipinski definition) is 1. The number of esters is 1. The summed E-state index contributed by atoms with van der Waals surface area (Å²) in [5, 5.41) is 3.26. The highest BCUT2D eigenvalue weighted by atomic mass is 32.1. The Bertz CT molecular complexity index is 648. The van der Waals surface area contributed by atoms with Crippen molar-refractivity contribution in [3.05, 3.63) is 40.3 Å². The third-order valence-corrected chi connectivity index (χ3v) is 4.70. The molecule has 0 bridgehead atoms. The van der Waals surface area contributed by atoms with Gasteiger partial charge in [-0.25, -0.2) is 4.79 Å². The Balaban J connectivity index is 2.00. The first-order chi connectivity index (χ1) is 10.9. The molecule has 0 fully saturated rings. The highest BCUT2D eigenvalue weighted by Gasteiger charge is 2.23. The fraction of sp³-hybridized carbons (Fsp3) is 0.412. The van der Waals surface area contributed by atoms with E-state index >= 15 is 0 Å². The summed E-state index contributed by atoms with van der Waals surface area (Å²) in [5.41, 5.74) is 0.779. The van der Waals surface area contributed by atoms with Crippen LogP contribution in [0.15, 0.2) is 30.6 Å². The second-order valence-corrected chi connectivity index (χ2v) is 7.11. The summed E-state index contributed by atoms with van der Waals surface area (Å²) in [6, 6.07) is 5.70. The first-order valence-electron chi connectivity index (χ1n) is 7.41. The summed E-state index contributed by atoms with van der Waals surface area (Å²) < 4.78 is 10.5. The predicted molar refractivity (Wildman–Crippen MR) is 92.6 cm³/mol. The highest BCUT2D eigenvalue weighted by Crippen LogP contribution is 2.35. The SMILES string of the molecule is COC(=O)c1sc(C(C)(C)C)cc1NCCOc1cccnc1. The number of nitrogens with one attached hydrogen (secondary N) is 1. The van der Waals surface area contributed by atoms with Gasteiger partial charge in [-0.15, -0.1) is 11.3 Å². The van der Waals surface area contributed by atoms with Crippen molar-refractivity contribution in [2.75, 3.05) is 25.6 Å². The van der Waals surface area contributed by atoms with Crippen molar-refractivity contribution >= 4 is 23.0 Å². The van der Waals surface area contributed by atoms with Crippen molar-refractivity contribution in [3.8, 4) is 5.75 Å². The van der Waals surface area contributed by atoms with Crippen LogP contribution < -0.4 is 10.1 Å². The van der Waals surface area contributed by atoms with Crippen molar-refractivity contribution in [2.24, 2.45) is 0 Å². The van der Waals surface area contributed by atoms with E-state index in [1.54, 1.807) is 12.4 Å². The maximum absolute atomic E-state index is 11.9. The average molecular weight is 334 g/mol. The van der Waals surface area contributed by atoms with Gasteiger partial charge in [0.15, 0.2) is 0 Å². The molecule has 0 atom stereocenters. The van der Waals surface area contributed by atoms with Gasteiger partial charge in [0.25, 0.3) is 0 Å². The fourth-order valence-corrected chi connectivity index (χ4v) is 3.03. The minimum absolute atomic E-state index is 0.0143. The highest BCUT2D eigenvalue weighted by molar-refractivity contribution is 7.14. The van der Waals surface area contributed by atoms with Crippen LogP contribution in [-0.2, 0) is 10.2 Å². The summed E-state index contributed by atoms with van der Waals surface area (Å²) in [5.74, 6) is 0.407. The molecule has 0 unspecified atom stereocenters. The predicted octanol–water partition coefficient (Wildman–Crippen LogP) is 3.72. The molecular formula is C17H22N2O3S. The van der Waals surface area contributed by atoms with Gasteiger partial charge in [-0.2, -0.15) is 0 Å². The molecule has 0 aliphatic heterocycles. The number of carbonyl (C=O) groups is 1. The minimum Gasteiger partial charge on any atom is -0.490 e. The van der Waals surface area contributed by atoms with Crippen molar-refractivity contribution < 1.29 is 14.3 Å². The summed E-state index contributed by atoms with van der Waals surface area (Å²) in [4.78, 5) is 17.7. The average Bonchev–Trinajstić information content (AvgIpc) is 2.96. The molecule has 2 heterocycles. The van der Waals surface area contributed by atoms with Crippen LogP contribution in [0.25, 0.3) is 0 Å². The van der Waals surface area contributed by atoms with Crippen molar-refractivity contribution in [2.45, 2.75) is 26.2 Å². The van der Waals surface area contributed by atoms with E-state index < -0.39 is 0 Å². The molecule has 124 valence electrons. The van der Waals surface area contributed by atoms with E-state index in [9.17, 15) is 4.79 Å². The molecule has 0 spiro atoms. The van der Waals surface area contributed by atoms with E-state index in [0.717, 1.165) is 16.3 Å². The molecular weight excluding hydrogens is 312 g/mol. The van der Waals surface area contributed by atoms with Crippen LogP contribution in [0, 0.1) is 0 Å². The molecule has 23 heavy (non-hydrogen) atoms. The Hall–Kier alpha value is -2.08. The smallest absolute Gasteiger partial charge is 0.350 e. The number of hydrogen-bond acceptors (Lipinski definition) is 6. The second-order valence-electron chi connectivity index (χ2n) is 6.06. The van der Waals surface area contributed by atoms with Crippen LogP contribution in [0.2, 0.25) is 0 Å². The molecule has 0 aliphatic rings.